The van der Waals surface area contributed by atoms with E-state index in [1.807, 2.05) is 47.7 Å². The second kappa shape index (κ2) is 13.3. The van der Waals surface area contributed by atoms with Crippen LogP contribution in [-0.2, 0) is 0 Å². The molecular weight excluding hydrogens is 701 g/mol. The third-order valence-electron chi connectivity index (χ3n) is 10.7. The van der Waals surface area contributed by atoms with Crippen molar-refractivity contribution in [2.75, 3.05) is 0 Å². The van der Waals surface area contributed by atoms with Crippen LogP contribution in [0, 0.1) is 0 Å². The molecule has 262 valence electrons. The zero-order chi connectivity index (χ0) is 37.0. The maximum atomic E-state index is 5.09. The molecule has 0 spiro atoms. The molecule has 3 aromatic heterocycles. The Balaban J connectivity index is 1.04. The Morgan fingerprint density at radius 3 is 1.54 bits per heavy atom. The summed E-state index contributed by atoms with van der Waals surface area (Å²) in [5.41, 5.74) is 11.3. The molecule has 0 fully saturated rings. The van der Waals surface area contributed by atoms with Crippen LogP contribution >= 0.6 is 11.3 Å². The van der Waals surface area contributed by atoms with E-state index in [9.17, 15) is 0 Å². The Labute approximate surface area is 327 Å². The minimum absolute atomic E-state index is 0.660. The van der Waals surface area contributed by atoms with Crippen LogP contribution < -0.4 is 0 Å². The Kier molecular flexibility index (Phi) is 7.64. The average molecular weight is 733 g/mol. The molecule has 5 heteroatoms. The predicted molar refractivity (Wildman–Crippen MR) is 234 cm³/mol. The first-order valence-corrected chi connectivity index (χ1v) is 19.6. The number of rotatable bonds is 6. The fourth-order valence-electron chi connectivity index (χ4n) is 8.03. The molecule has 0 N–H and O–H groups in total. The first kappa shape index (κ1) is 32.2. The van der Waals surface area contributed by atoms with Gasteiger partial charge in [-0.3, -0.25) is 0 Å². The molecule has 0 bridgehead atoms. The van der Waals surface area contributed by atoms with Gasteiger partial charge < -0.3 is 4.57 Å². The lowest BCUT2D eigenvalue weighted by Gasteiger charge is -2.09. The first-order chi connectivity index (χ1) is 27.8. The summed E-state index contributed by atoms with van der Waals surface area (Å²) in [5.74, 6) is 1.99. The lowest BCUT2D eigenvalue weighted by molar-refractivity contribution is 1.08. The predicted octanol–water partition coefficient (Wildman–Crippen LogP) is 13.7. The number of para-hydroxylation sites is 2. The molecule has 0 radical (unpaired) electrons. The van der Waals surface area contributed by atoms with E-state index in [1.54, 1.807) is 0 Å². The number of hydrogen-bond donors (Lipinski definition) is 0. The van der Waals surface area contributed by atoms with Crippen LogP contribution in [0.4, 0.5) is 0 Å². The third-order valence-corrected chi connectivity index (χ3v) is 11.9. The number of thiophene rings is 1. The Morgan fingerprint density at radius 2 is 0.821 bits per heavy atom. The number of benzene rings is 8. The standard InChI is InChI=1S/C51H32N4S/c1-4-15-33(16-5-1)49-52-50(34-17-6-2-7-18-34)54-51(53-49)43-27-14-26-42-41-25-13-24-39(47(41)56-48(42)43)37-20-12-19-35(31-37)36-29-30-46-44(32-36)40-23-10-11-28-45(40)55(46)38-21-8-3-9-22-38/h1-32H. The van der Waals surface area contributed by atoms with Gasteiger partial charge in [0.2, 0.25) is 0 Å². The van der Waals surface area contributed by atoms with Crippen LogP contribution in [0.25, 0.3) is 104 Å². The zero-order valence-corrected chi connectivity index (χ0v) is 31.0. The minimum atomic E-state index is 0.660. The fourth-order valence-corrected chi connectivity index (χ4v) is 9.37. The third kappa shape index (κ3) is 5.40. The Morgan fingerprint density at radius 1 is 0.321 bits per heavy atom. The van der Waals surface area contributed by atoms with E-state index in [1.165, 1.54) is 59.5 Å². The summed E-state index contributed by atoms with van der Waals surface area (Å²) in [4.78, 5) is 15.1. The summed E-state index contributed by atoms with van der Waals surface area (Å²) in [5, 5.41) is 4.92. The molecule has 56 heavy (non-hydrogen) atoms. The van der Waals surface area contributed by atoms with E-state index in [4.69, 9.17) is 15.0 Å². The highest BCUT2D eigenvalue weighted by molar-refractivity contribution is 7.26. The maximum Gasteiger partial charge on any atom is 0.165 e. The molecule has 0 aliphatic heterocycles. The van der Waals surface area contributed by atoms with E-state index >= 15 is 0 Å². The average Bonchev–Trinajstić information content (AvgIpc) is 3.83. The number of hydrogen-bond acceptors (Lipinski definition) is 4. The van der Waals surface area contributed by atoms with Crippen molar-refractivity contribution >= 4 is 53.3 Å². The van der Waals surface area contributed by atoms with Crippen LogP contribution in [0.3, 0.4) is 0 Å². The van der Waals surface area contributed by atoms with Crippen LogP contribution in [0.1, 0.15) is 0 Å². The van der Waals surface area contributed by atoms with Gasteiger partial charge in [0.15, 0.2) is 17.5 Å². The van der Waals surface area contributed by atoms with Gasteiger partial charge in [-0.15, -0.1) is 11.3 Å². The molecule has 4 nitrogen and oxygen atoms in total. The van der Waals surface area contributed by atoms with Gasteiger partial charge in [-0.05, 0) is 64.7 Å². The largest absolute Gasteiger partial charge is 0.309 e. The maximum absolute atomic E-state index is 5.09. The van der Waals surface area contributed by atoms with E-state index < -0.39 is 0 Å². The summed E-state index contributed by atoms with van der Waals surface area (Å²) in [6.45, 7) is 0. The summed E-state index contributed by atoms with van der Waals surface area (Å²) in [6, 6.07) is 68.6. The summed E-state index contributed by atoms with van der Waals surface area (Å²) < 4.78 is 4.77. The molecule has 0 saturated carbocycles. The van der Waals surface area contributed by atoms with Crippen LogP contribution in [0.2, 0.25) is 0 Å². The van der Waals surface area contributed by atoms with E-state index in [2.05, 4.69) is 162 Å². The van der Waals surface area contributed by atoms with Crippen molar-refractivity contribution in [1.29, 1.82) is 0 Å². The summed E-state index contributed by atoms with van der Waals surface area (Å²) in [6.07, 6.45) is 0. The Hall–Kier alpha value is -7.21. The van der Waals surface area contributed by atoms with Crippen molar-refractivity contribution in [1.82, 2.24) is 19.5 Å². The van der Waals surface area contributed by atoms with Crippen molar-refractivity contribution < 1.29 is 0 Å². The van der Waals surface area contributed by atoms with E-state index in [0.717, 1.165) is 27.1 Å². The minimum Gasteiger partial charge on any atom is -0.309 e. The van der Waals surface area contributed by atoms with Gasteiger partial charge in [-0.1, -0.05) is 152 Å². The van der Waals surface area contributed by atoms with Crippen molar-refractivity contribution in [3.63, 3.8) is 0 Å². The highest BCUT2D eigenvalue weighted by Gasteiger charge is 2.19. The molecule has 3 heterocycles. The second-order valence-electron chi connectivity index (χ2n) is 14.0. The van der Waals surface area contributed by atoms with Crippen molar-refractivity contribution in [3.05, 3.63) is 194 Å². The number of nitrogens with zero attached hydrogens (tertiary/aromatic N) is 4. The van der Waals surface area contributed by atoms with Gasteiger partial charge in [-0.2, -0.15) is 0 Å². The molecule has 8 aromatic carbocycles. The monoisotopic (exact) mass is 732 g/mol. The van der Waals surface area contributed by atoms with Crippen LogP contribution in [0.5, 0.6) is 0 Å². The summed E-state index contributed by atoms with van der Waals surface area (Å²) >= 11 is 1.81. The van der Waals surface area contributed by atoms with Gasteiger partial charge in [0.05, 0.1) is 11.0 Å². The topological polar surface area (TPSA) is 43.6 Å². The van der Waals surface area contributed by atoms with Crippen molar-refractivity contribution in [3.8, 4) is 62.1 Å². The Bertz CT molecular complexity index is 3180. The molecule has 0 saturated heterocycles. The van der Waals surface area contributed by atoms with Gasteiger partial charge in [0, 0.05) is 53.3 Å². The number of fused-ring (bicyclic) bond motifs is 6. The van der Waals surface area contributed by atoms with E-state index in [-0.39, 0.29) is 0 Å². The van der Waals surface area contributed by atoms with Crippen LogP contribution in [-0.4, -0.2) is 19.5 Å². The van der Waals surface area contributed by atoms with Gasteiger partial charge >= 0.3 is 0 Å². The molecule has 11 rings (SSSR count). The molecule has 11 aromatic rings. The lowest BCUT2D eigenvalue weighted by Crippen LogP contribution is -2.00. The van der Waals surface area contributed by atoms with Crippen LogP contribution in [0.15, 0.2) is 194 Å². The summed E-state index contributed by atoms with van der Waals surface area (Å²) in [7, 11) is 0. The smallest absolute Gasteiger partial charge is 0.165 e. The molecular formula is C51H32N4S. The molecule has 0 unspecified atom stereocenters. The fraction of sp³-hybridized carbons (Fsp3) is 0. The molecule has 0 aliphatic rings. The molecule has 0 atom stereocenters. The number of aromatic nitrogens is 4. The van der Waals surface area contributed by atoms with Gasteiger partial charge in [0.1, 0.15) is 0 Å². The van der Waals surface area contributed by atoms with Gasteiger partial charge in [0.25, 0.3) is 0 Å². The van der Waals surface area contributed by atoms with Crippen molar-refractivity contribution in [2.24, 2.45) is 0 Å². The highest BCUT2D eigenvalue weighted by Crippen LogP contribution is 2.44. The van der Waals surface area contributed by atoms with E-state index in [0.29, 0.717) is 17.5 Å². The SMILES string of the molecule is c1ccc(-c2nc(-c3ccccc3)nc(-c3cccc4c3sc3c(-c5cccc(-c6ccc7c(c6)c6ccccc6n7-c6ccccc6)c5)cccc34)n2)cc1. The van der Waals surface area contributed by atoms with Crippen molar-refractivity contribution in [2.45, 2.75) is 0 Å². The van der Waals surface area contributed by atoms with Gasteiger partial charge in [-0.25, -0.2) is 15.0 Å². The highest BCUT2D eigenvalue weighted by atomic mass is 32.1. The second-order valence-corrected chi connectivity index (χ2v) is 15.0. The quantitative estimate of drug-likeness (QED) is 0.171. The lowest BCUT2D eigenvalue weighted by atomic mass is 9.97. The normalized spacial score (nSPS) is 11.6. The zero-order valence-electron chi connectivity index (χ0n) is 30.2. The molecule has 0 amide bonds. The first-order valence-electron chi connectivity index (χ1n) is 18.8. The molecule has 0 aliphatic carbocycles.